The molecule has 0 bridgehead atoms. The van der Waals surface area contributed by atoms with Gasteiger partial charge in [0, 0.05) is 19.8 Å². The molecule has 1 aromatic carbocycles. The summed E-state index contributed by atoms with van der Waals surface area (Å²) in [5, 5.41) is 1.33. The van der Waals surface area contributed by atoms with Crippen LogP contribution in [0.2, 0.25) is 0 Å². The monoisotopic (exact) mass is 226 g/mol. The van der Waals surface area contributed by atoms with Crippen LogP contribution in [0.3, 0.4) is 0 Å². The molecule has 0 fully saturated rings. The third-order valence-corrected chi connectivity index (χ3v) is 4.01. The molecule has 0 unspecified atom stereocenters. The number of ether oxygens (including phenoxy) is 2. The van der Waals surface area contributed by atoms with E-state index < -0.39 is 5.79 Å². The van der Waals surface area contributed by atoms with Crippen molar-refractivity contribution in [1.29, 1.82) is 0 Å². The Morgan fingerprint density at radius 3 is 2.07 bits per heavy atom. The Bertz CT molecular complexity index is 319. The molecule has 0 saturated heterocycles. The third kappa shape index (κ3) is 2.57. The van der Waals surface area contributed by atoms with E-state index in [0.717, 1.165) is 5.56 Å². The summed E-state index contributed by atoms with van der Waals surface area (Å²) >= 11 is 0. The number of rotatable bonds is 4. The van der Waals surface area contributed by atoms with Gasteiger partial charge in [0.1, 0.15) is 0 Å². The summed E-state index contributed by atoms with van der Waals surface area (Å²) in [6.45, 7) is 6.42. The summed E-state index contributed by atoms with van der Waals surface area (Å²) in [6.07, 6.45) is 0. The van der Waals surface area contributed by atoms with Gasteiger partial charge in [-0.15, -0.1) is 0 Å². The van der Waals surface area contributed by atoms with Gasteiger partial charge >= 0.3 is 0 Å². The molecule has 0 heterocycles. The summed E-state index contributed by atoms with van der Waals surface area (Å²) in [6, 6.07) is 8.31. The van der Waals surface area contributed by atoms with Gasteiger partial charge in [0.2, 0.25) is 0 Å². The zero-order valence-electron chi connectivity index (χ0n) is 10.1. The zero-order valence-corrected chi connectivity index (χ0v) is 11.0. The summed E-state index contributed by atoms with van der Waals surface area (Å²) in [4.78, 5) is 0. The van der Waals surface area contributed by atoms with Crippen LogP contribution in [0.1, 0.15) is 12.5 Å². The largest absolute Gasteiger partial charge is 0.349 e. The molecule has 2 nitrogen and oxygen atoms in total. The first-order chi connectivity index (χ1) is 7.05. The van der Waals surface area contributed by atoms with Crippen molar-refractivity contribution in [3.05, 3.63) is 29.8 Å². The molecular weight excluding hydrogens is 207 g/mol. The van der Waals surface area contributed by atoms with Crippen LogP contribution >= 0.6 is 7.92 Å². The molecule has 0 radical (unpaired) electrons. The molecule has 0 N–H and O–H groups in total. The lowest BCUT2D eigenvalue weighted by molar-refractivity contribution is -0.201. The van der Waals surface area contributed by atoms with Crippen molar-refractivity contribution in [3.63, 3.8) is 0 Å². The fraction of sp³-hybridized carbons (Fsp3) is 0.500. The van der Waals surface area contributed by atoms with Crippen molar-refractivity contribution in [3.8, 4) is 0 Å². The normalized spacial score (nSPS) is 12.1. The lowest BCUT2D eigenvalue weighted by Gasteiger charge is -2.29. The number of hydrogen-bond donors (Lipinski definition) is 0. The highest BCUT2D eigenvalue weighted by atomic mass is 31.1. The maximum atomic E-state index is 5.45. The SMILES string of the molecule is COC(C)(OC)c1ccccc1P(C)C. The number of benzene rings is 1. The Hall–Kier alpha value is -0.430. The molecule has 0 amide bonds. The van der Waals surface area contributed by atoms with Crippen LogP contribution in [0.5, 0.6) is 0 Å². The van der Waals surface area contributed by atoms with Crippen molar-refractivity contribution in [2.45, 2.75) is 12.7 Å². The second-order valence-electron chi connectivity index (χ2n) is 3.77. The minimum absolute atomic E-state index is 0.152. The van der Waals surface area contributed by atoms with E-state index in [-0.39, 0.29) is 7.92 Å². The average Bonchev–Trinajstić information content (AvgIpc) is 2.28. The molecule has 15 heavy (non-hydrogen) atoms. The van der Waals surface area contributed by atoms with E-state index >= 15 is 0 Å². The quantitative estimate of drug-likeness (QED) is 0.580. The van der Waals surface area contributed by atoms with E-state index in [1.165, 1.54) is 5.30 Å². The van der Waals surface area contributed by atoms with E-state index in [1.54, 1.807) is 14.2 Å². The lowest BCUT2D eigenvalue weighted by Crippen LogP contribution is -2.31. The molecule has 0 aliphatic rings. The van der Waals surface area contributed by atoms with E-state index in [1.807, 2.05) is 13.0 Å². The lowest BCUT2D eigenvalue weighted by atomic mass is 10.1. The molecule has 0 aliphatic heterocycles. The van der Waals surface area contributed by atoms with Crippen molar-refractivity contribution in [1.82, 2.24) is 0 Å². The second kappa shape index (κ2) is 5.07. The van der Waals surface area contributed by atoms with Crippen LogP contribution < -0.4 is 5.30 Å². The molecule has 0 aliphatic carbocycles. The highest BCUT2D eigenvalue weighted by molar-refractivity contribution is 7.64. The minimum Gasteiger partial charge on any atom is -0.349 e. The third-order valence-electron chi connectivity index (χ3n) is 2.65. The predicted molar refractivity (Wildman–Crippen MR) is 66.2 cm³/mol. The van der Waals surface area contributed by atoms with Crippen molar-refractivity contribution < 1.29 is 9.47 Å². The molecular formula is C12H19O2P. The van der Waals surface area contributed by atoms with Crippen molar-refractivity contribution >= 4 is 13.2 Å². The van der Waals surface area contributed by atoms with Crippen LogP contribution in [0.4, 0.5) is 0 Å². The molecule has 1 rings (SSSR count). The fourth-order valence-electron chi connectivity index (χ4n) is 1.55. The minimum atomic E-state index is -0.636. The summed E-state index contributed by atoms with van der Waals surface area (Å²) in [5.41, 5.74) is 1.13. The Morgan fingerprint density at radius 1 is 1.07 bits per heavy atom. The molecule has 0 aromatic heterocycles. The molecule has 0 saturated carbocycles. The average molecular weight is 226 g/mol. The molecule has 1 aromatic rings. The number of hydrogen-bond acceptors (Lipinski definition) is 2. The Labute approximate surface area is 93.3 Å². The van der Waals surface area contributed by atoms with Crippen LogP contribution in [0.15, 0.2) is 24.3 Å². The van der Waals surface area contributed by atoms with Gasteiger partial charge in [-0.1, -0.05) is 32.2 Å². The summed E-state index contributed by atoms with van der Waals surface area (Å²) in [5.74, 6) is -0.636. The van der Waals surface area contributed by atoms with E-state index in [0.29, 0.717) is 0 Å². The van der Waals surface area contributed by atoms with Gasteiger partial charge in [0.15, 0.2) is 5.79 Å². The molecule has 0 atom stereocenters. The summed E-state index contributed by atoms with van der Waals surface area (Å²) in [7, 11) is 3.20. The Balaban J connectivity index is 3.23. The fourth-order valence-corrected chi connectivity index (χ4v) is 2.69. The molecule has 3 heteroatoms. The Kier molecular flexibility index (Phi) is 4.27. The van der Waals surface area contributed by atoms with Gasteiger partial charge in [-0.2, -0.15) is 0 Å². The standard InChI is InChI=1S/C12H19O2P/c1-12(13-2,14-3)10-8-6-7-9-11(10)15(4)5/h6-9H,1-5H3. The van der Waals surface area contributed by atoms with E-state index in [2.05, 4.69) is 31.5 Å². The van der Waals surface area contributed by atoms with Crippen molar-refractivity contribution in [2.24, 2.45) is 0 Å². The highest BCUT2D eigenvalue weighted by Gasteiger charge is 2.28. The van der Waals surface area contributed by atoms with Gasteiger partial charge < -0.3 is 9.47 Å². The topological polar surface area (TPSA) is 18.5 Å². The molecule has 84 valence electrons. The first-order valence-corrected chi connectivity index (χ1v) is 7.16. The van der Waals surface area contributed by atoms with Gasteiger partial charge in [-0.3, -0.25) is 0 Å². The zero-order chi connectivity index (χ0) is 11.5. The maximum absolute atomic E-state index is 5.45. The van der Waals surface area contributed by atoms with Crippen LogP contribution in [0.25, 0.3) is 0 Å². The first kappa shape index (κ1) is 12.6. The molecule has 0 spiro atoms. The number of methoxy groups -OCH3 is 2. The first-order valence-electron chi connectivity index (χ1n) is 4.92. The summed E-state index contributed by atoms with van der Waals surface area (Å²) < 4.78 is 10.9. The van der Waals surface area contributed by atoms with Gasteiger partial charge in [0.05, 0.1) is 0 Å². The van der Waals surface area contributed by atoms with Gasteiger partial charge in [-0.05, 0) is 25.6 Å². The van der Waals surface area contributed by atoms with E-state index in [4.69, 9.17) is 9.47 Å². The van der Waals surface area contributed by atoms with Crippen LogP contribution in [-0.4, -0.2) is 27.5 Å². The van der Waals surface area contributed by atoms with Gasteiger partial charge in [0.25, 0.3) is 0 Å². The van der Waals surface area contributed by atoms with Gasteiger partial charge in [-0.25, -0.2) is 0 Å². The second-order valence-corrected chi connectivity index (χ2v) is 6.04. The predicted octanol–water partition coefficient (Wildman–Crippen LogP) is 2.52. The maximum Gasteiger partial charge on any atom is 0.191 e. The van der Waals surface area contributed by atoms with E-state index in [9.17, 15) is 0 Å². The smallest absolute Gasteiger partial charge is 0.191 e. The Morgan fingerprint density at radius 2 is 1.60 bits per heavy atom. The van der Waals surface area contributed by atoms with Crippen LogP contribution in [0, 0.1) is 0 Å². The van der Waals surface area contributed by atoms with Crippen molar-refractivity contribution in [2.75, 3.05) is 27.5 Å². The van der Waals surface area contributed by atoms with Crippen LogP contribution in [-0.2, 0) is 15.3 Å². The highest BCUT2D eigenvalue weighted by Crippen LogP contribution is 2.32.